The van der Waals surface area contributed by atoms with Gasteiger partial charge in [0.05, 0.1) is 33.0 Å². The Labute approximate surface area is 190 Å². The van der Waals surface area contributed by atoms with Gasteiger partial charge in [-0.2, -0.15) is 0 Å². The van der Waals surface area contributed by atoms with E-state index in [4.69, 9.17) is 23.3 Å². The molecule has 0 aliphatic carbocycles. The van der Waals surface area contributed by atoms with Crippen LogP contribution in [-0.2, 0) is 41.1 Å². The quantitative estimate of drug-likeness (QED) is 0.348. The van der Waals surface area contributed by atoms with Gasteiger partial charge in [0.1, 0.15) is 17.7 Å². The summed E-state index contributed by atoms with van der Waals surface area (Å²) in [6, 6.07) is 17.5. The van der Waals surface area contributed by atoms with Crippen molar-refractivity contribution in [3.8, 4) is 5.75 Å². The van der Waals surface area contributed by atoms with Crippen molar-refractivity contribution >= 4 is 13.4 Å². The Morgan fingerprint density at radius 3 is 2.12 bits per heavy atom. The smallest absolute Gasteiger partial charge is 0.337 e. The molecule has 0 saturated carbocycles. The van der Waals surface area contributed by atoms with Crippen LogP contribution in [0.15, 0.2) is 54.6 Å². The van der Waals surface area contributed by atoms with Crippen molar-refractivity contribution in [1.82, 2.24) is 0 Å². The van der Waals surface area contributed by atoms with Crippen LogP contribution in [0.5, 0.6) is 5.75 Å². The summed E-state index contributed by atoms with van der Waals surface area (Å²) in [6.45, 7) is 3.07. The Bertz CT molecular complexity index is 846. The molecule has 0 aliphatic rings. The van der Waals surface area contributed by atoms with Crippen LogP contribution in [0.25, 0.3) is 0 Å². The van der Waals surface area contributed by atoms with Crippen LogP contribution in [0.4, 0.5) is 0 Å². The van der Waals surface area contributed by atoms with Gasteiger partial charge in [0.25, 0.3) is 0 Å². The molecule has 7 nitrogen and oxygen atoms in total. The van der Waals surface area contributed by atoms with Crippen LogP contribution in [0.2, 0.25) is 0 Å². The Balaban J connectivity index is 1.98. The zero-order chi connectivity index (χ0) is 23.4. The zero-order valence-electron chi connectivity index (χ0n) is 19.2. The number of benzene rings is 2. The van der Waals surface area contributed by atoms with Gasteiger partial charge in [-0.05, 0) is 29.2 Å². The van der Waals surface area contributed by atoms with Crippen LogP contribution in [0.3, 0.4) is 0 Å². The first-order valence-electron chi connectivity index (χ1n) is 10.5. The SMILES string of the molecule is COc1ccc(CO[C@H](COCc2ccccc2)[C@@H](C)CC(=O)CP(=O)(OC)OC)cc1. The summed E-state index contributed by atoms with van der Waals surface area (Å²) in [5.74, 6) is 0.417. The molecular weight excluding hydrogens is 431 g/mol. The minimum Gasteiger partial charge on any atom is -0.497 e. The third-order valence-corrected chi connectivity index (χ3v) is 6.98. The fraction of sp³-hybridized carbons (Fsp3) is 0.458. The summed E-state index contributed by atoms with van der Waals surface area (Å²) in [4.78, 5) is 12.5. The minimum atomic E-state index is -3.39. The average molecular weight is 464 g/mol. The van der Waals surface area contributed by atoms with Gasteiger partial charge in [0.15, 0.2) is 0 Å². The van der Waals surface area contributed by atoms with E-state index in [0.29, 0.717) is 19.8 Å². The third-order valence-electron chi connectivity index (χ3n) is 5.13. The van der Waals surface area contributed by atoms with Gasteiger partial charge in [0, 0.05) is 20.6 Å². The van der Waals surface area contributed by atoms with E-state index in [1.807, 2.05) is 61.5 Å². The molecule has 176 valence electrons. The predicted octanol–water partition coefficient (Wildman–Crippen LogP) is 4.88. The lowest BCUT2D eigenvalue weighted by Crippen LogP contribution is -2.29. The molecule has 0 aliphatic heterocycles. The van der Waals surface area contributed by atoms with E-state index in [0.717, 1.165) is 16.9 Å². The first kappa shape index (κ1) is 26.2. The normalized spacial score (nSPS) is 13.5. The Kier molecular flexibility index (Phi) is 11.1. The van der Waals surface area contributed by atoms with Crippen molar-refractivity contribution in [3.05, 3.63) is 65.7 Å². The summed E-state index contributed by atoms with van der Waals surface area (Å²) in [7, 11) is 0.786. The first-order chi connectivity index (χ1) is 15.4. The molecule has 2 aromatic carbocycles. The molecule has 2 rings (SSSR count). The van der Waals surface area contributed by atoms with E-state index in [1.54, 1.807) is 7.11 Å². The number of rotatable bonds is 15. The number of carbonyl (C=O) groups excluding carboxylic acids is 1. The van der Waals surface area contributed by atoms with Gasteiger partial charge in [-0.1, -0.05) is 49.4 Å². The van der Waals surface area contributed by atoms with E-state index in [1.165, 1.54) is 14.2 Å². The van der Waals surface area contributed by atoms with E-state index < -0.39 is 7.60 Å². The number of hydrogen-bond acceptors (Lipinski definition) is 7. The second kappa shape index (κ2) is 13.5. The molecule has 8 heteroatoms. The topological polar surface area (TPSA) is 80.3 Å². The summed E-state index contributed by atoms with van der Waals surface area (Å²) in [6.07, 6.45) is -0.409. The Morgan fingerprint density at radius 2 is 1.53 bits per heavy atom. The lowest BCUT2D eigenvalue weighted by molar-refractivity contribution is -0.120. The van der Waals surface area contributed by atoms with E-state index >= 15 is 0 Å². The Morgan fingerprint density at radius 1 is 0.906 bits per heavy atom. The second-order valence-corrected chi connectivity index (χ2v) is 9.82. The maximum absolute atomic E-state index is 12.5. The standard InChI is InChI=1S/C24H33O7P/c1-19(14-22(25)18-32(26,28-3)29-4)24(17-30-15-20-8-6-5-7-9-20)31-16-21-10-12-23(27-2)13-11-21/h5-13,19,24H,14-18H2,1-4H3/t19-,24+/m0/s1. The first-order valence-corrected chi connectivity index (χ1v) is 12.2. The maximum atomic E-state index is 12.5. The van der Waals surface area contributed by atoms with Gasteiger partial charge in [-0.3, -0.25) is 9.36 Å². The van der Waals surface area contributed by atoms with Gasteiger partial charge in [-0.15, -0.1) is 0 Å². The monoisotopic (exact) mass is 464 g/mol. The summed E-state index contributed by atoms with van der Waals surface area (Å²) in [5, 5.41) is 0. The zero-order valence-corrected chi connectivity index (χ0v) is 20.1. The number of carbonyl (C=O) groups is 1. The van der Waals surface area contributed by atoms with Crippen molar-refractivity contribution in [2.75, 3.05) is 34.1 Å². The lowest BCUT2D eigenvalue weighted by atomic mass is 9.99. The highest BCUT2D eigenvalue weighted by molar-refractivity contribution is 7.54. The van der Waals surface area contributed by atoms with Crippen molar-refractivity contribution in [1.29, 1.82) is 0 Å². The van der Waals surface area contributed by atoms with Crippen LogP contribution in [0, 0.1) is 5.92 Å². The average Bonchev–Trinajstić information content (AvgIpc) is 2.81. The summed E-state index contributed by atoms with van der Waals surface area (Å²) in [5.41, 5.74) is 2.05. The molecule has 0 bridgehead atoms. The van der Waals surface area contributed by atoms with Crippen molar-refractivity contribution in [3.63, 3.8) is 0 Å². The molecule has 32 heavy (non-hydrogen) atoms. The molecule has 0 saturated heterocycles. The number of ketones is 1. The number of hydrogen-bond donors (Lipinski definition) is 0. The fourth-order valence-corrected chi connectivity index (χ4v) is 4.11. The second-order valence-electron chi connectivity index (χ2n) is 7.55. The molecule has 2 aromatic rings. The molecule has 0 spiro atoms. The molecule has 0 unspecified atom stereocenters. The molecule has 0 amide bonds. The molecular formula is C24H33O7P. The van der Waals surface area contributed by atoms with Crippen LogP contribution in [0.1, 0.15) is 24.5 Å². The molecule has 0 aromatic heterocycles. The van der Waals surface area contributed by atoms with Crippen LogP contribution in [-0.4, -0.2) is 46.0 Å². The highest BCUT2D eigenvalue weighted by Crippen LogP contribution is 2.46. The summed E-state index contributed by atoms with van der Waals surface area (Å²) < 4.78 is 39.3. The third kappa shape index (κ3) is 8.85. The lowest BCUT2D eigenvalue weighted by Gasteiger charge is -2.25. The van der Waals surface area contributed by atoms with Gasteiger partial charge >= 0.3 is 7.60 Å². The fourth-order valence-electron chi connectivity index (χ4n) is 3.14. The number of methoxy groups -OCH3 is 1. The molecule has 2 atom stereocenters. The molecule has 0 N–H and O–H groups in total. The minimum absolute atomic E-state index is 0.154. The summed E-state index contributed by atoms with van der Waals surface area (Å²) >= 11 is 0. The van der Waals surface area contributed by atoms with Gasteiger partial charge in [0.2, 0.25) is 0 Å². The van der Waals surface area contributed by atoms with Crippen molar-refractivity contribution in [2.45, 2.75) is 32.7 Å². The number of Topliss-reactive ketones (excluding diaryl/α,β-unsaturated/α-hetero) is 1. The van der Waals surface area contributed by atoms with E-state index in [-0.39, 0.29) is 30.4 Å². The molecule has 0 heterocycles. The largest absolute Gasteiger partial charge is 0.497 e. The Hall–Kier alpha value is -2.02. The van der Waals surface area contributed by atoms with E-state index in [2.05, 4.69) is 0 Å². The highest BCUT2D eigenvalue weighted by Gasteiger charge is 2.28. The molecule has 0 radical (unpaired) electrons. The molecule has 0 fully saturated rings. The predicted molar refractivity (Wildman–Crippen MR) is 123 cm³/mol. The van der Waals surface area contributed by atoms with Crippen molar-refractivity contribution < 1.29 is 32.6 Å². The van der Waals surface area contributed by atoms with Crippen molar-refractivity contribution in [2.24, 2.45) is 5.92 Å². The van der Waals surface area contributed by atoms with Gasteiger partial charge < -0.3 is 23.3 Å². The van der Waals surface area contributed by atoms with Crippen LogP contribution >= 0.6 is 7.60 Å². The highest BCUT2D eigenvalue weighted by atomic mass is 31.2. The van der Waals surface area contributed by atoms with Gasteiger partial charge in [-0.25, -0.2) is 0 Å². The number of ether oxygens (including phenoxy) is 3. The van der Waals surface area contributed by atoms with E-state index in [9.17, 15) is 9.36 Å². The maximum Gasteiger partial charge on any atom is 0.337 e. The van der Waals surface area contributed by atoms with Crippen LogP contribution < -0.4 is 4.74 Å².